The predicted molar refractivity (Wildman–Crippen MR) is 103 cm³/mol. The molecule has 0 bridgehead atoms. The van der Waals surface area contributed by atoms with Gasteiger partial charge in [-0.2, -0.15) is 0 Å². The van der Waals surface area contributed by atoms with Crippen LogP contribution < -0.4 is 0 Å². The molecule has 0 spiro atoms. The second kappa shape index (κ2) is 15.9. The van der Waals surface area contributed by atoms with Gasteiger partial charge < -0.3 is 20.2 Å². The standard InChI is InChI=1S/C18H35O9P/c1-2-3-4-5-6-7-8-9-10-11-12-13-14-26-28(24,25)27-16(18(22)23)15(19)17(20)21/h15-16,19H,2-14H2,1H3,(H,20,21)(H,22,23)(H,24,25). The number of carbonyl (C=O) groups is 2. The van der Waals surface area contributed by atoms with E-state index in [4.69, 9.17) is 10.2 Å². The lowest BCUT2D eigenvalue weighted by molar-refractivity contribution is -0.164. The molecule has 0 aliphatic rings. The van der Waals surface area contributed by atoms with Gasteiger partial charge in [-0.3, -0.25) is 9.05 Å². The molecular weight excluding hydrogens is 391 g/mol. The largest absolute Gasteiger partial charge is 0.479 e. The third-order valence-electron chi connectivity index (χ3n) is 4.28. The molecule has 4 N–H and O–H groups in total. The minimum atomic E-state index is -4.78. The van der Waals surface area contributed by atoms with Gasteiger partial charge in [0.25, 0.3) is 0 Å². The Morgan fingerprint density at radius 1 is 0.821 bits per heavy atom. The SMILES string of the molecule is CCCCCCCCCCCCCCOP(=O)(O)OC(C(=O)O)C(O)C(=O)O. The highest BCUT2D eigenvalue weighted by atomic mass is 31.2. The maximum Gasteiger partial charge on any atom is 0.473 e. The molecule has 0 aliphatic carbocycles. The molecule has 3 atom stereocenters. The Morgan fingerprint density at radius 3 is 1.64 bits per heavy atom. The lowest BCUT2D eigenvalue weighted by Crippen LogP contribution is -2.41. The zero-order chi connectivity index (χ0) is 21.4. The van der Waals surface area contributed by atoms with Crippen molar-refractivity contribution in [1.82, 2.24) is 0 Å². The Morgan fingerprint density at radius 2 is 1.25 bits per heavy atom. The summed E-state index contributed by atoms with van der Waals surface area (Å²) in [6.45, 7) is 2.08. The van der Waals surface area contributed by atoms with Gasteiger partial charge in [-0.1, -0.05) is 77.6 Å². The molecule has 0 heterocycles. The van der Waals surface area contributed by atoms with Gasteiger partial charge in [0.15, 0.2) is 6.10 Å². The van der Waals surface area contributed by atoms with Crippen LogP contribution in [0.2, 0.25) is 0 Å². The summed E-state index contributed by atoms with van der Waals surface area (Å²) in [6, 6.07) is 0. The Labute approximate surface area is 166 Å². The van der Waals surface area contributed by atoms with E-state index >= 15 is 0 Å². The van der Waals surface area contributed by atoms with E-state index in [1.165, 1.54) is 44.9 Å². The summed E-state index contributed by atoms with van der Waals surface area (Å²) >= 11 is 0. The van der Waals surface area contributed by atoms with Crippen LogP contribution in [0.15, 0.2) is 0 Å². The van der Waals surface area contributed by atoms with Crippen molar-refractivity contribution in [3.05, 3.63) is 0 Å². The lowest BCUT2D eigenvalue weighted by atomic mass is 10.1. The van der Waals surface area contributed by atoms with Gasteiger partial charge >= 0.3 is 19.8 Å². The smallest absolute Gasteiger partial charge is 0.473 e. The Bertz CT molecular complexity index is 484. The summed E-state index contributed by atoms with van der Waals surface area (Å²) in [5.41, 5.74) is 0. The number of aliphatic hydroxyl groups excluding tert-OH is 1. The van der Waals surface area contributed by atoms with Crippen molar-refractivity contribution in [2.24, 2.45) is 0 Å². The highest BCUT2D eigenvalue weighted by Gasteiger charge is 2.39. The van der Waals surface area contributed by atoms with Crippen LogP contribution in [0.3, 0.4) is 0 Å². The zero-order valence-corrected chi connectivity index (χ0v) is 17.5. The van der Waals surface area contributed by atoms with Crippen LogP contribution in [0.25, 0.3) is 0 Å². The van der Waals surface area contributed by atoms with Crippen molar-refractivity contribution in [2.45, 2.75) is 96.2 Å². The maximum atomic E-state index is 11.7. The number of hydrogen-bond acceptors (Lipinski definition) is 6. The average molecular weight is 426 g/mol. The van der Waals surface area contributed by atoms with Crippen LogP contribution in [-0.4, -0.2) is 51.0 Å². The van der Waals surface area contributed by atoms with Gasteiger partial charge in [0.05, 0.1) is 6.61 Å². The summed E-state index contributed by atoms with van der Waals surface area (Å²) in [7, 11) is -4.78. The van der Waals surface area contributed by atoms with Crippen molar-refractivity contribution in [2.75, 3.05) is 6.61 Å². The first-order chi connectivity index (χ1) is 13.2. The summed E-state index contributed by atoms with van der Waals surface area (Å²) in [6.07, 6.45) is 8.55. The van der Waals surface area contributed by atoms with Crippen molar-refractivity contribution < 1.29 is 43.4 Å². The molecule has 0 saturated carbocycles. The van der Waals surface area contributed by atoms with E-state index in [9.17, 15) is 24.2 Å². The van der Waals surface area contributed by atoms with E-state index in [2.05, 4.69) is 16.0 Å². The molecule has 0 aromatic heterocycles. The van der Waals surface area contributed by atoms with Crippen LogP contribution in [0.5, 0.6) is 0 Å². The number of rotatable bonds is 19. The third kappa shape index (κ3) is 14.1. The van der Waals surface area contributed by atoms with Crippen molar-refractivity contribution in [3.63, 3.8) is 0 Å². The summed E-state index contributed by atoms with van der Waals surface area (Å²) in [5, 5.41) is 26.6. The Hall–Kier alpha value is -0.990. The molecule has 0 aromatic rings. The minimum Gasteiger partial charge on any atom is -0.479 e. The van der Waals surface area contributed by atoms with Crippen molar-refractivity contribution in [1.29, 1.82) is 0 Å². The van der Waals surface area contributed by atoms with E-state index in [-0.39, 0.29) is 6.61 Å². The number of carboxylic acids is 2. The molecule has 0 aliphatic heterocycles. The highest BCUT2D eigenvalue weighted by molar-refractivity contribution is 7.47. The first kappa shape index (κ1) is 27.0. The Balaban J connectivity index is 3.79. The molecule has 0 saturated heterocycles. The van der Waals surface area contributed by atoms with E-state index < -0.39 is 32.0 Å². The molecule has 0 fully saturated rings. The second-order valence-electron chi connectivity index (χ2n) is 6.84. The molecule has 166 valence electrons. The van der Waals surface area contributed by atoms with E-state index in [1.807, 2.05) is 0 Å². The van der Waals surface area contributed by atoms with Crippen LogP contribution in [0, 0.1) is 0 Å². The van der Waals surface area contributed by atoms with Gasteiger partial charge in [-0.15, -0.1) is 0 Å². The first-order valence-corrected chi connectivity index (χ1v) is 11.5. The number of unbranched alkanes of at least 4 members (excludes halogenated alkanes) is 11. The van der Waals surface area contributed by atoms with Crippen LogP contribution in [0.1, 0.15) is 84.0 Å². The second-order valence-corrected chi connectivity index (χ2v) is 8.24. The summed E-state index contributed by atoms with van der Waals surface area (Å²) in [5.74, 6) is -3.76. The van der Waals surface area contributed by atoms with Gasteiger partial charge in [0.1, 0.15) is 0 Å². The van der Waals surface area contributed by atoms with Crippen molar-refractivity contribution in [3.8, 4) is 0 Å². The van der Waals surface area contributed by atoms with E-state index in [0.29, 0.717) is 6.42 Å². The fourth-order valence-electron chi connectivity index (χ4n) is 2.66. The molecule has 0 aromatic carbocycles. The normalized spacial score (nSPS) is 15.7. The van der Waals surface area contributed by atoms with Gasteiger partial charge in [0.2, 0.25) is 6.10 Å². The quantitative estimate of drug-likeness (QED) is 0.179. The fraction of sp³-hybridized carbons (Fsp3) is 0.889. The number of aliphatic hydroxyl groups is 1. The molecule has 0 radical (unpaired) electrons. The fourth-order valence-corrected chi connectivity index (χ4v) is 3.58. The van der Waals surface area contributed by atoms with E-state index in [0.717, 1.165) is 25.7 Å². The van der Waals surface area contributed by atoms with Crippen LogP contribution >= 0.6 is 7.82 Å². The summed E-state index contributed by atoms with van der Waals surface area (Å²) in [4.78, 5) is 31.0. The molecule has 28 heavy (non-hydrogen) atoms. The molecular formula is C18H35O9P. The van der Waals surface area contributed by atoms with Crippen LogP contribution in [0.4, 0.5) is 0 Å². The van der Waals surface area contributed by atoms with Gasteiger partial charge in [0, 0.05) is 0 Å². The molecule has 0 rings (SSSR count). The van der Waals surface area contributed by atoms with Gasteiger partial charge in [-0.25, -0.2) is 14.2 Å². The summed E-state index contributed by atoms with van der Waals surface area (Å²) < 4.78 is 20.6. The molecule has 3 unspecified atom stereocenters. The predicted octanol–water partition coefficient (Wildman–Crippen LogP) is 3.72. The average Bonchev–Trinajstić information content (AvgIpc) is 2.62. The third-order valence-corrected chi connectivity index (χ3v) is 5.28. The minimum absolute atomic E-state index is 0.124. The number of phosphoric ester groups is 1. The number of hydrogen-bond donors (Lipinski definition) is 4. The monoisotopic (exact) mass is 426 g/mol. The van der Waals surface area contributed by atoms with Gasteiger partial charge in [-0.05, 0) is 6.42 Å². The lowest BCUT2D eigenvalue weighted by Gasteiger charge is -2.19. The highest BCUT2D eigenvalue weighted by Crippen LogP contribution is 2.45. The number of aliphatic carboxylic acids is 2. The number of phosphoric acid groups is 1. The molecule has 9 nitrogen and oxygen atoms in total. The van der Waals surface area contributed by atoms with E-state index in [1.54, 1.807) is 0 Å². The first-order valence-electron chi connectivity index (χ1n) is 10.0. The molecule has 0 amide bonds. The maximum absolute atomic E-state index is 11.7. The van der Waals surface area contributed by atoms with Crippen LogP contribution in [-0.2, 0) is 23.2 Å². The molecule has 10 heteroatoms. The Kier molecular flexibility index (Phi) is 15.3. The van der Waals surface area contributed by atoms with Crippen molar-refractivity contribution >= 4 is 19.8 Å². The zero-order valence-electron chi connectivity index (χ0n) is 16.6. The number of carboxylic acid groups (broad SMARTS) is 2. The topological polar surface area (TPSA) is 151 Å².